The van der Waals surface area contributed by atoms with E-state index in [1.54, 1.807) is 34.4 Å². The molecule has 0 spiro atoms. The van der Waals surface area contributed by atoms with Gasteiger partial charge in [-0.25, -0.2) is 4.98 Å². The van der Waals surface area contributed by atoms with Gasteiger partial charge in [0.2, 0.25) is 11.8 Å². The fourth-order valence-corrected chi connectivity index (χ4v) is 5.67. The molecule has 0 radical (unpaired) electrons. The Kier molecular flexibility index (Phi) is 6.84. The van der Waals surface area contributed by atoms with Crippen molar-refractivity contribution in [2.24, 2.45) is 0 Å². The van der Waals surface area contributed by atoms with Crippen LogP contribution in [0.5, 0.6) is 0 Å². The first-order valence-electron chi connectivity index (χ1n) is 9.79. The van der Waals surface area contributed by atoms with Gasteiger partial charge in [0.05, 0.1) is 16.3 Å². The molecule has 0 unspecified atom stereocenters. The van der Waals surface area contributed by atoms with E-state index in [-0.39, 0.29) is 12.3 Å². The number of thiophene rings is 1. The van der Waals surface area contributed by atoms with Crippen LogP contribution >= 0.6 is 34.4 Å². The van der Waals surface area contributed by atoms with Crippen molar-refractivity contribution in [3.8, 4) is 10.6 Å². The lowest BCUT2D eigenvalue weighted by atomic mass is 10.0. The number of thiazole rings is 1. The fourth-order valence-electron chi connectivity index (χ4n) is 3.24. The molecule has 0 aliphatic rings. The monoisotopic (exact) mass is 470 g/mol. The Morgan fingerprint density at radius 2 is 1.97 bits per heavy atom. The lowest BCUT2D eigenvalue weighted by Gasteiger charge is -2.12. The summed E-state index contributed by atoms with van der Waals surface area (Å²) in [6.07, 6.45) is 0.700. The van der Waals surface area contributed by atoms with Crippen LogP contribution in [-0.4, -0.2) is 21.0 Å². The molecular formula is C22H22N4O2S3. The van der Waals surface area contributed by atoms with E-state index in [1.807, 2.05) is 32.2 Å². The first-order valence-corrected chi connectivity index (χ1v) is 12.5. The van der Waals surface area contributed by atoms with Gasteiger partial charge in [-0.2, -0.15) is 4.98 Å². The molecule has 0 saturated heterocycles. The molecule has 1 N–H and O–H groups in total. The van der Waals surface area contributed by atoms with Gasteiger partial charge in [0.1, 0.15) is 0 Å². The molecule has 31 heavy (non-hydrogen) atoms. The van der Waals surface area contributed by atoms with Crippen LogP contribution in [0.4, 0.5) is 5.69 Å². The number of benzene rings is 1. The van der Waals surface area contributed by atoms with Crippen molar-refractivity contribution in [2.75, 3.05) is 5.32 Å². The largest absolute Gasteiger partial charge is 0.339 e. The van der Waals surface area contributed by atoms with Crippen molar-refractivity contribution in [1.82, 2.24) is 15.1 Å². The van der Waals surface area contributed by atoms with Crippen LogP contribution in [0.25, 0.3) is 10.6 Å². The zero-order valence-corrected chi connectivity index (χ0v) is 19.9. The topological polar surface area (TPSA) is 80.9 Å². The number of carbonyl (C=O) groups is 1. The molecule has 6 nitrogen and oxygen atoms in total. The van der Waals surface area contributed by atoms with E-state index in [2.05, 4.69) is 44.0 Å². The Labute approximate surface area is 193 Å². The van der Waals surface area contributed by atoms with Gasteiger partial charge in [0.15, 0.2) is 10.2 Å². The number of hydrogen-bond acceptors (Lipinski definition) is 8. The molecule has 3 aromatic heterocycles. The molecule has 0 fully saturated rings. The van der Waals surface area contributed by atoms with E-state index in [0.717, 1.165) is 26.8 Å². The second-order valence-electron chi connectivity index (χ2n) is 7.19. The van der Waals surface area contributed by atoms with Crippen LogP contribution in [0.3, 0.4) is 0 Å². The maximum absolute atomic E-state index is 12.4. The molecule has 0 atom stereocenters. The summed E-state index contributed by atoms with van der Waals surface area (Å²) in [7, 11) is 0. The maximum atomic E-state index is 12.4. The van der Waals surface area contributed by atoms with Gasteiger partial charge in [-0.05, 0) is 43.3 Å². The zero-order valence-electron chi connectivity index (χ0n) is 17.5. The normalized spacial score (nSPS) is 11.1. The third-order valence-electron chi connectivity index (χ3n) is 4.60. The number of carbonyl (C=O) groups excluding carboxylic acids is 1. The Morgan fingerprint density at radius 1 is 1.16 bits per heavy atom. The quantitative estimate of drug-likeness (QED) is 0.316. The minimum Gasteiger partial charge on any atom is -0.339 e. The van der Waals surface area contributed by atoms with Gasteiger partial charge >= 0.3 is 0 Å². The molecule has 1 aromatic carbocycles. The highest BCUT2D eigenvalue weighted by atomic mass is 32.2. The van der Waals surface area contributed by atoms with Crippen molar-refractivity contribution in [3.63, 3.8) is 0 Å². The van der Waals surface area contributed by atoms with Crippen molar-refractivity contribution in [1.29, 1.82) is 0 Å². The molecule has 3 heterocycles. The number of amides is 1. The number of anilines is 1. The average molecular weight is 471 g/mol. The van der Waals surface area contributed by atoms with E-state index < -0.39 is 0 Å². The molecule has 9 heteroatoms. The summed E-state index contributed by atoms with van der Waals surface area (Å²) >= 11 is 4.87. The summed E-state index contributed by atoms with van der Waals surface area (Å²) in [5, 5.41) is 11.1. The Balaban J connectivity index is 1.27. The summed E-state index contributed by atoms with van der Waals surface area (Å²) in [5.74, 6) is 1.60. The van der Waals surface area contributed by atoms with Crippen LogP contribution in [-0.2, 0) is 17.0 Å². The predicted molar refractivity (Wildman–Crippen MR) is 127 cm³/mol. The Bertz CT molecular complexity index is 1160. The van der Waals surface area contributed by atoms with Crippen molar-refractivity contribution in [3.05, 3.63) is 63.4 Å². The second-order valence-corrected chi connectivity index (χ2v) is 10.2. The van der Waals surface area contributed by atoms with Crippen molar-refractivity contribution in [2.45, 2.75) is 43.7 Å². The van der Waals surface area contributed by atoms with Gasteiger partial charge in [0.25, 0.3) is 0 Å². The fraction of sp³-hybridized carbons (Fsp3) is 0.273. The van der Waals surface area contributed by atoms with Crippen LogP contribution in [0.2, 0.25) is 0 Å². The molecule has 0 bridgehead atoms. The molecule has 0 aliphatic carbocycles. The summed E-state index contributed by atoms with van der Waals surface area (Å²) in [6, 6.07) is 8.22. The summed E-state index contributed by atoms with van der Waals surface area (Å²) in [4.78, 5) is 22.6. The molecule has 0 saturated carbocycles. The highest BCUT2D eigenvalue weighted by Crippen LogP contribution is 2.31. The van der Waals surface area contributed by atoms with Crippen molar-refractivity contribution < 1.29 is 9.32 Å². The van der Waals surface area contributed by atoms with Crippen LogP contribution in [0, 0.1) is 20.8 Å². The van der Waals surface area contributed by atoms with Gasteiger partial charge in [-0.1, -0.05) is 40.7 Å². The van der Waals surface area contributed by atoms with Gasteiger partial charge in [-0.15, -0.1) is 22.7 Å². The minimum absolute atomic E-state index is 0.0620. The number of nitrogens with zero attached hydrogens (tertiary/aromatic N) is 3. The summed E-state index contributed by atoms with van der Waals surface area (Å²) < 4.78 is 6.28. The zero-order chi connectivity index (χ0) is 21.8. The van der Waals surface area contributed by atoms with E-state index in [9.17, 15) is 4.79 Å². The number of hydrogen-bond donors (Lipinski definition) is 1. The van der Waals surface area contributed by atoms with E-state index in [4.69, 9.17) is 4.52 Å². The third-order valence-corrected chi connectivity index (χ3v) is 7.51. The molecule has 4 rings (SSSR count). The van der Waals surface area contributed by atoms with Crippen LogP contribution in [0.15, 0.2) is 43.9 Å². The maximum Gasteiger partial charge on any atom is 0.227 e. The van der Waals surface area contributed by atoms with Gasteiger partial charge < -0.3 is 9.84 Å². The Morgan fingerprint density at radius 3 is 2.71 bits per heavy atom. The van der Waals surface area contributed by atoms with Crippen LogP contribution < -0.4 is 5.32 Å². The number of rotatable bonds is 8. The predicted octanol–water partition coefficient (Wildman–Crippen LogP) is 6.04. The molecular weight excluding hydrogens is 448 g/mol. The van der Waals surface area contributed by atoms with E-state index in [1.165, 1.54) is 10.4 Å². The molecule has 1 amide bonds. The lowest BCUT2D eigenvalue weighted by molar-refractivity contribution is -0.116. The summed E-state index contributed by atoms with van der Waals surface area (Å²) in [5.41, 5.74) is 5.19. The standard InChI is InChI=1S/C22H22N4O2S3/c1-13-9-14(2)21(15(3)10-13)25-19(27)6-7-20-24-18(26-28-20)12-31-22-23-16(11-30-22)17-5-4-8-29-17/h4-5,8-11H,6-7,12H2,1-3H3,(H,25,27). The molecule has 0 aliphatic heterocycles. The lowest BCUT2D eigenvalue weighted by Crippen LogP contribution is -2.14. The minimum atomic E-state index is -0.0620. The first-order chi connectivity index (χ1) is 15.0. The molecule has 4 aromatic rings. The second kappa shape index (κ2) is 9.76. The highest BCUT2D eigenvalue weighted by Gasteiger charge is 2.13. The van der Waals surface area contributed by atoms with Crippen LogP contribution in [0.1, 0.15) is 34.8 Å². The number of aryl methyl sites for hydroxylation is 4. The highest BCUT2D eigenvalue weighted by molar-refractivity contribution is 8.00. The third kappa shape index (κ3) is 5.61. The van der Waals surface area contributed by atoms with Crippen molar-refractivity contribution >= 4 is 46.0 Å². The van der Waals surface area contributed by atoms with Gasteiger partial charge in [0, 0.05) is 23.9 Å². The number of aromatic nitrogens is 3. The van der Waals surface area contributed by atoms with E-state index >= 15 is 0 Å². The van der Waals surface area contributed by atoms with E-state index in [0.29, 0.717) is 23.9 Å². The summed E-state index contributed by atoms with van der Waals surface area (Å²) in [6.45, 7) is 6.06. The van der Waals surface area contributed by atoms with Gasteiger partial charge in [-0.3, -0.25) is 4.79 Å². The smallest absolute Gasteiger partial charge is 0.227 e. The number of thioether (sulfide) groups is 1. The average Bonchev–Trinajstić information content (AvgIpc) is 3.49. The Hall–Kier alpha value is -2.49. The SMILES string of the molecule is Cc1cc(C)c(NC(=O)CCc2nc(CSc3nc(-c4cccs4)cs3)no2)c(C)c1. The first kappa shape index (κ1) is 21.7. The number of nitrogens with one attached hydrogen (secondary N) is 1. The molecule has 160 valence electrons.